The van der Waals surface area contributed by atoms with Crippen molar-refractivity contribution in [1.82, 2.24) is 25.1 Å². The molecule has 0 spiro atoms. The van der Waals surface area contributed by atoms with Crippen LogP contribution in [0.3, 0.4) is 0 Å². The van der Waals surface area contributed by atoms with E-state index < -0.39 is 6.10 Å². The lowest BCUT2D eigenvalue weighted by Crippen LogP contribution is -2.54. The van der Waals surface area contributed by atoms with Crippen molar-refractivity contribution in [2.24, 2.45) is 7.05 Å². The van der Waals surface area contributed by atoms with Gasteiger partial charge in [-0.1, -0.05) is 25.7 Å². The molecule has 0 saturated heterocycles. The molecular weight excluding hydrogens is 242 g/mol. The van der Waals surface area contributed by atoms with Gasteiger partial charge in [0.15, 0.2) is 5.82 Å². The van der Waals surface area contributed by atoms with Gasteiger partial charge in [-0.3, -0.25) is 0 Å². The maximum atomic E-state index is 10.7. The van der Waals surface area contributed by atoms with Crippen LogP contribution in [-0.2, 0) is 13.5 Å². The molecule has 6 nitrogen and oxygen atoms in total. The van der Waals surface area contributed by atoms with Gasteiger partial charge in [-0.05, 0) is 32.2 Å². The number of tetrazole rings is 1. The van der Waals surface area contributed by atoms with Gasteiger partial charge in [-0.2, -0.15) is 4.80 Å². The minimum Gasteiger partial charge on any atom is -0.391 e. The molecule has 0 aliphatic heterocycles. The van der Waals surface area contributed by atoms with E-state index in [-0.39, 0.29) is 5.54 Å². The first-order valence-electron chi connectivity index (χ1n) is 7.13. The predicted molar refractivity (Wildman–Crippen MR) is 72.6 cm³/mol. The minimum atomic E-state index is -0.440. The van der Waals surface area contributed by atoms with Crippen LogP contribution < -0.4 is 0 Å². The lowest BCUT2D eigenvalue weighted by Gasteiger charge is -2.43. The first-order chi connectivity index (χ1) is 9.04. The van der Waals surface area contributed by atoms with E-state index >= 15 is 0 Å². The Balaban J connectivity index is 2.13. The van der Waals surface area contributed by atoms with Crippen LogP contribution in [0.4, 0.5) is 0 Å². The van der Waals surface area contributed by atoms with Gasteiger partial charge in [-0.25, -0.2) is 0 Å². The number of aliphatic hydroxyl groups excluding tert-OH is 1. The second kappa shape index (κ2) is 5.96. The van der Waals surface area contributed by atoms with E-state index in [1.807, 2.05) is 0 Å². The summed E-state index contributed by atoms with van der Waals surface area (Å²) in [6.45, 7) is 0. The van der Waals surface area contributed by atoms with Gasteiger partial charge in [0.2, 0.25) is 0 Å². The molecule has 1 aliphatic carbocycles. The number of aromatic nitrogens is 4. The standard InChI is InChI=1S/C13H25N5O/c1-17(2)13(8-6-4-5-7-9-13)11(19)10-12-14-16-18(3)15-12/h11,19H,4-10H2,1-3H3. The molecule has 2 rings (SSSR count). The average molecular weight is 267 g/mol. The SMILES string of the molecule is CN(C)C1(C(O)Cc2nnn(C)n2)CCCCCC1. The highest BCUT2D eigenvalue weighted by molar-refractivity contribution is 4.99. The number of aryl methyl sites for hydroxylation is 1. The van der Waals surface area contributed by atoms with E-state index in [0.717, 1.165) is 12.8 Å². The first-order valence-corrected chi connectivity index (χ1v) is 7.13. The summed E-state index contributed by atoms with van der Waals surface area (Å²) in [7, 11) is 5.88. The summed E-state index contributed by atoms with van der Waals surface area (Å²) >= 11 is 0. The summed E-state index contributed by atoms with van der Waals surface area (Å²) < 4.78 is 0. The highest BCUT2D eigenvalue weighted by atomic mass is 16.3. The van der Waals surface area contributed by atoms with Crippen LogP contribution in [0.2, 0.25) is 0 Å². The van der Waals surface area contributed by atoms with E-state index in [0.29, 0.717) is 12.2 Å². The van der Waals surface area contributed by atoms with Crippen LogP contribution in [0.1, 0.15) is 44.3 Å². The van der Waals surface area contributed by atoms with Crippen LogP contribution in [0, 0.1) is 0 Å². The molecule has 1 aromatic heterocycles. The van der Waals surface area contributed by atoms with Crippen molar-refractivity contribution >= 4 is 0 Å². The molecule has 1 fully saturated rings. The van der Waals surface area contributed by atoms with Crippen molar-refractivity contribution in [2.75, 3.05) is 14.1 Å². The molecule has 1 atom stereocenters. The fraction of sp³-hybridized carbons (Fsp3) is 0.923. The second-order valence-corrected chi connectivity index (χ2v) is 5.83. The summed E-state index contributed by atoms with van der Waals surface area (Å²) in [5.74, 6) is 0.625. The molecule has 1 unspecified atom stereocenters. The largest absolute Gasteiger partial charge is 0.391 e. The fourth-order valence-corrected chi connectivity index (χ4v) is 3.19. The first kappa shape index (κ1) is 14.4. The van der Waals surface area contributed by atoms with Gasteiger partial charge >= 0.3 is 0 Å². The summed E-state index contributed by atoms with van der Waals surface area (Å²) in [6, 6.07) is 0. The molecule has 1 aromatic rings. The van der Waals surface area contributed by atoms with Crippen molar-refractivity contribution in [1.29, 1.82) is 0 Å². The van der Waals surface area contributed by atoms with Crippen LogP contribution in [0.5, 0.6) is 0 Å². The Bertz CT molecular complexity index is 395. The molecule has 1 heterocycles. The molecule has 6 heteroatoms. The summed E-state index contributed by atoms with van der Waals surface area (Å²) in [4.78, 5) is 3.64. The highest BCUT2D eigenvalue weighted by Gasteiger charge is 2.40. The third-order valence-electron chi connectivity index (χ3n) is 4.41. The lowest BCUT2D eigenvalue weighted by atomic mass is 9.81. The third kappa shape index (κ3) is 3.12. The molecule has 0 bridgehead atoms. The fourth-order valence-electron chi connectivity index (χ4n) is 3.19. The number of nitrogens with zero attached hydrogens (tertiary/aromatic N) is 5. The predicted octanol–water partition coefficient (Wildman–Crippen LogP) is 0.768. The van der Waals surface area contributed by atoms with Gasteiger partial charge < -0.3 is 10.0 Å². The van der Waals surface area contributed by atoms with Crippen LogP contribution in [0.25, 0.3) is 0 Å². The van der Waals surface area contributed by atoms with Gasteiger partial charge in [0.25, 0.3) is 0 Å². The molecule has 1 saturated carbocycles. The number of likely N-dealkylation sites (N-methyl/N-ethyl adjacent to an activating group) is 1. The molecule has 1 aliphatic rings. The molecule has 0 aromatic carbocycles. The number of hydrogen-bond acceptors (Lipinski definition) is 5. The Labute approximate surface area is 114 Å². The smallest absolute Gasteiger partial charge is 0.177 e. The lowest BCUT2D eigenvalue weighted by molar-refractivity contribution is -0.0184. The van der Waals surface area contributed by atoms with Crippen molar-refractivity contribution in [3.8, 4) is 0 Å². The molecule has 0 radical (unpaired) electrons. The second-order valence-electron chi connectivity index (χ2n) is 5.83. The molecule has 1 N–H and O–H groups in total. The third-order valence-corrected chi connectivity index (χ3v) is 4.41. The normalized spacial score (nSPS) is 21.3. The number of hydrogen-bond donors (Lipinski definition) is 1. The zero-order valence-corrected chi connectivity index (χ0v) is 12.2. The monoisotopic (exact) mass is 267 g/mol. The Kier molecular flexibility index (Phi) is 4.52. The van der Waals surface area contributed by atoms with Gasteiger partial charge in [0.05, 0.1) is 13.2 Å². The van der Waals surface area contributed by atoms with Gasteiger partial charge in [0, 0.05) is 12.0 Å². The minimum absolute atomic E-state index is 0.143. The quantitative estimate of drug-likeness (QED) is 0.816. The van der Waals surface area contributed by atoms with Gasteiger partial charge in [0.1, 0.15) is 0 Å². The van der Waals surface area contributed by atoms with Crippen molar-refractivity contribution in [3.05, 3.63) is 5.82 Å². The highest BCUT2D eigenvalue weighted by Crippen LogP contribution is 2.34. The molecular formula is C13H25N5O. The Morgan fingerprint density at radius 1 is 1.26 bits per heavy atom. The van der Waals surface area contributed by atoms with E-state index in [4.69, 9.17) is 0 Å². The average Bonchev–Trinajstić information content (AvgIpc) is 2.65. The van der Waals surface area contributed by atoms with Gasteiger partial charge in [-0.15, -0.1) is 10.2 Å². The van der Waals surface area contributed by atoms with Crippen LogP contribution in [0.15, 0.2) is 0 Å². The van der Waals surface area contributed by atoms with Crippen LogP contribution >= 0.6 is 0 Å². The zero-order chi connectivity index (χ0) is 13.9. The van der Waals surface area contributed by atoms with Crippen molar-refractivity contribution in [2.45, 2.75) is 56.6 Å². The maximum absolute atomic E-state index is 10.7. The summed E-state index contributed by atoms with van der Waals surface area (Å²) in [6.07, 6.45) is 7.03. The van der Waals surface area contributed by atoms with E-state index in [2.05, 4.69) is 34.4 Å². The van der Waals surface area contributed by atoms with Crippen molar-refractivity contribution in [3.63, 3.8) is 0 Å². The topological polar surface area (TPSA) is 67.1 Å². The Morgan fingerprint density at radius 3 is 2.37 bits per heavy atom. The van der Waals surface area contributed by atoms with Crippen LogP contribution in [-0.4, -0.2) is 56.0 Å². The Morgan fingerprint density at radius 2 is 1.89 bits per heavy atom. The maximum Gasteiger partial charge on any atom is 0.177 e. The summed E-state index contributed by atoms with van der Waals surface area (Å²) in [5, 5.41) is 22.7. The Hall–Kier alpha value is -1.01. The number of aliphatic hydroxyl groups is 1. The zero-order valence-electron chi connectivity index (χ0n) is 12.2. The van der Waals surface area contributed by atoms with Crippen molar-refractivity contribution < 1.29 is 5.11 Å². The number of rotatable bonds is 4. The van der Waals surface area contributed by atoms with E-state index in [9.17, 15) is 5.11 Å². The molecule has 19 heavy (non-hydrogen) atoms. The van der Waals surface area contributed by atoms with E-state index in [1.54, 1.807) is 7.05 Å². The van der Waals surface area contributed by atoms with E-state index in [1.165, 1.54) is 30.5 Å². The molecule has 108 valence electrons. The molecule has 0 amide bonds. The summed E-state index contributed by atoms with van der Waals surface area (Å²) in [5.41, 5.74) is -0.143.